The van der Waals surface area contributed by atoms with E-state index < -0.39 is 10.1 Å². The van der Waals surface area contributed by atoms with E-state index in [4.69, 9.17) is 9.29 Å². The minimum absolute atomic E-state index is 0.270. The third-order valence-electron chi connectivity index (χ3n) is 2.60. The average molecular weight is 208 g/mol. The first kappa shape index (κ1) is 10.9. The van der Waals surface area contributed by atoms with Gasteiger partial charge in [-0.2, -0.15) is 8.42 Å². The minimum Gasteiger partial charge on any atom is -0.380 e. The van der Waals surface area contributed by atoms with E-state index in [1.54, 1.807) is 0 Å². The molecule has 0 bridgehead atoms. The third kappa shape index (κ3) is 3.62. The highest BCUT2D eigenvalue weighted by Gasteiger charge is 2.28. The van der Waals surface area contributed by atoms with Crippen LogP contribution in [0, 0.1) is 5.92 Å². The largest absolute Gasteiger partial charge is 0.380 e. The van der Waals surface area contributed by atoms with Crippen LogP contribution >= 0.6 is 0 Å². The highest BCUT2D eigenvalue weighted by Crippen LogP contribution is 2.29. The molecule has 1 saturated carbocycles. The van der Waals surface area contributed by atoms with Crippen molar-refractivity contribution in [2.24, 2.45) is 5.92 Å². The standard InChI is InChI=1S/C8H16O4S/c1-12-8(6-13(9,10)11)7-4-2-3-5-7/h7-8H,2-6H2,1H3,(H,9,10,11). The molecule has 0 saturated heterocycles. The van der Waals surface area contributed by atoms with Crippen molar-refractivity contribution in [1.29, 1.82) is 0 Å². The van der Waals surface area contributed by atoms with Crippen molar-refractivity contribution in [3.63, 3.8) is 0 Å². The maximum absolute atomic E-state index is 10.6. The van der Waals surface area contributed by atoms with Crippen LogP contribution in [0.5, 0.6) is 0 Å². The van der Waals surface area contributed by atoms with Crippen molar-refractivity contribution >= 4 is 10.1 Å². The first-order valence-corrected chi connectivity index (χ1v) is 6.12. The summed E-state index contributed by atoms with van der Waals surface area (Å²) in [7, 11) is -2.40. The summed E-state index contributed by atoms with van der Waals surface area (Å²) in [6, 6.07) is 0. The van der Waals surface area contributed by atoms with E-state index in [0.717, 1.165) is 25.7 Å². The second-order valence-electron chi connectivity index (χ2n) is 3.57. The number of methoxy groups -OCH3 is 1. The predicted molar refractivity (Wildman–Crippen MR) is 49.2 cm³/mol. The summed E-state index contributed by atoms with van der Waals surface area (Å²) in [5, 5.41) is 0. The lowest BCUT2D eigenvalue weighted by Crippen LogP contribution is -2.29. The van der Waals surface area contributed by atoms with E-state index in [2.05, 4.69) is 0 Å². The van der Waals surface area contributed by atoms with Gasteiger partial charge >= 0.3 is 0 Å². The SMILES string of the molecule is COC(CS(=O)(=O)O)C1CCCC1. The molecule has 1 aliphatic carbocycles. The smallest absolute Gasteiger partial charge is 0.267 e. The Labute approximate surface area is 79.0 Å². The van der Waals surface area contributed by atoms with Crippen LogP contribution in [-0.4, -0.2) is 31.9 Å². The summed E-state index contributed by atoms with van der Waals surface area (Å²) in [4.78, 5) is 0. The molecule has 78 valence electrons. The molecule has 1 unspecified atom stereocenters. The highest BCUT2D eigenvalue weighted by molar-refractivity contribution is 7.85. The fourth-order valence-electron chi connectivity index (χ4n) is 1.93. The second kappa shape index (κ2) is 4.39. The first-order valence-electron chi connectivity index (χ1n) is 4.51. The van der Waals surface area contributed by atoms with Gasteiger partial charge in [0.2, 0.25) is 0 Å². The summed E-state index contributed by atoms with van der Waals surface area (Å²) >= 11 is 0. The van der Waals surface area contributed by atoms with Gasteiger partial charge in [-0.1, -0.05) is 12.8 Å². The van der Waals surface area contributed by atoms with Gasteiger partial charge in [0.15, 0.2) is 0 Å². The topological polar surface area (TPSA) is 63.6 Å². The van der Waals surface area contributed by atoms with Crippen LogP contribution in [0.2, 0.25) is 0 Å². The van der Waals surface area contributed by atoms with Crippen LogP contribution in [0.3, 0.4) is 0 Å². The molecule has 0 aromatic rings. The molecule has 0 heterocycles. The van der Waals surface area contributed by atoms with Crippen molar-refractivity contribution in [3.05, 3.63) is 0 Å². The van der Waals surface area contributed by atoms with Crippen molar-refractivity contribution in [2.45, 2.75) is 31.8 Å². The molecule has 1 fully saturated rings. The van der Waals surface area contributed by atoms with Gasteiger partial charge in [0, 0.05) is 7.11 Å². The van der Waals surface area contributed by atoms with Gasteiger partial charge in [-0.15, -0.1) is 0 Å². The molecule has 13 heavy (non-hydrogen) atoms. The molecule has 0 radical (unpaired) electrons. The lowest BCUT2D eigenvalue weighted by atomic mass is 10.0. The van der Waals surface area contributed by atoms with Gasteiger partial charge in [0.05, 0.1) is 6.10 Å². The zero-order valence-electron chi connectivity index (χ0n) is 7.77. The van der Waals surface area contributed by atoms with E-state index in [1.165, 1.54) is 7.11 Å². The summed E-state index contributed by atoms with van der Waals surface area (Å²) in [6.07, 6.45) is 3.95. The normalized spacial score (nSPS) is 22.0. The lowest BCUT2D eigenvalue weighted by molar-refractivity contribution is 0.0706. The summed E-state index contributed by atoms with van der Waals surface area (Å²) in [5.41, 5.74) is 0. The quantitative estimate of drug-likeness (QED) is 0.702. The predicted octanol–water partition coefficient (Wildman–Crippen LogP) is 1.08. The van der Waals surface area contributed by atoms with Gasteiger partial charge < -0.3 is 4.74 Å². The number of ether oxygens (including phenoxy) is 1. The Morgan fingerprint density at radius 2 is 2.00 bits per heavy atom. The summed E-state index contributed by atoms with van der Waals surface area (Å²) in [5.74, 6) is 0.0284. The molecule has 4 nitrogen and oxygen atoms in total. The van der Waals surface area contributed by atoms with E-state index in [1.807, 2.05) is 0 Å². The van der Waals surface area contributed by atoms with Gasteiger partial charge in [0.25, 0.3) is 10.1 Å². The molecule has 0 spiro atoms. The third-order valence-corrected chi connectivity index (χ3v) is 3.35. The van der Waals surface area contributed by atoms with Crippen LogP contribution in [0.15, 0.2) is 0 Å². The average Bonchev–Trinajstić information content (AvgIpc) is 2.50. The molecule has 5 heteroatoms. The molecule has 1 N–H and O–H groups in total. The van der Waals surface area contributed by atoms with Gasteiger partial charge in [0.1, 0.15) is 5.75 Å². The number of hydrogen-bond donors (Lipinski definition) is 1. The molecule has 0 aliphatic heterocycles. The van der Waals surface area contributed by atoms with Gasteiger partial charge in [-0.3, -0.25) is 4.55 Å². The zero-order valence-corrected chi connectivity index (χ0v) is 8.59. The monoisotopic (exact) mass is 208 g/mol. The summed E-state index contributed by atoms with van der Waals surface area (Å²) < 4.78 is 35.0. The second-order valence-corrected chi connectivity index (χ2v) is 5.06. The highest BCUT2D eigenvalue weighted by atomic mass is 32.2. The molecular weight excluding hydrogens is 192 g/mol. The van der Waals surface area contributed by atoms with Crippen LogP contribution < -0.4 is 0 Å². The van der Waals surface area contributed by atoms with Gasteiger partial charge in [-0.25, -0.2) is 0 Å². The van der Waals surface area contributed by atoms with E-state index >= 15 is 0 Å². The first-order chi connectivity index (χ1) is 6.03. The van der Waals surface area contributed by atoms with E-state index in [0.29, 0.717) is 5.92 Å². The molecule has 0 aromatic heterocycles. The Morgan fingerprint density at radius 3 is 2.38 bits per heavy atom. The van der Waals surface area contributed by atoms with Crippen molar-refractivity contribution in [3.8, 4) is 0 Å². The summed E-state index contributed by atoms with van der Waals surface area (Å²) in [6.45, 7) is 0. The molecule has 1 aliphatic rings. The Hall–Kier alpha value is -0.130. The molecule has 1 atom stereocenters. The minimum atomic E-state index is -3.90. The van der Waals surface area contributed by atoms with Crippen molar-refractivity contribution in [1.82, 2.24) is 0 Å². The molecule has 0 aromatic carbocycles. The Balaban J connectivity index is 2.51. The maximum Gasteiger partial charge on any atom is 0.267 e. The fourth-order valence-corrected chi connectivity index (χ4v) is 2.76. The molecule has 1 rings (SSSR count). The number of hydrogen-bond acceptors (Lipinski definition) is 3. The Morgan fingerprint density at radius 1 is 1.46 bits per heavy atom. The lowest BCUT2D eigenvalue weighted by Gasteiger charge is -2.20. The maximum atomic E-state index is 10.6. The van der Waals surface area contributed by atoms with Crippen molar-refractivity contribution < 1.29 is 17.7 Å². The Kier molecular flexibility index (Phi) is 3.70. The van der Waals surface area contributed by atoms with Crippen molar-refractivity contribution in [2.75, 3.05) is 12.9 Å². The van der Waals surface area contributed by atoms with Crippen LogP contribution in [-0.2, 0) is 14.9 Å². The van der Waals surface area contributed by atoms with Gasteiger partial charge in [-0.05, 0) is 18.8 Å². The number of rotatable bonds is 4. The van der Waals surface area contributed by atoms with Crippen LogP contribution in [0.25, 0.3) is 0 Å². The Bertz CT molecular complexity index is 241. The van der Waals surface area contributed by atoms with Crippen LogP contribution in [0.4, 0.5) is 0 Å². The fraction of sp³-hybridized carbons (Fsp3) is 1.00. The van der Waals surface area contributed by atoms with E-state index in [9.17, 15) is 8.42 Å². The zero-order chi connectivity index (χ0) is 9.90. The molecule has 0 amide bonds. The molecular formula is C8H16O4S. The van der Waals surface area contributed by atoms with Crippen LogP contribution in [0.1, 0.15) is 25.7 Å². The van der Waals surface area contributed by atoms with E-state index in [-0.39, 0.29) is 11.9 Å².